The van der Waals surface area contributed by atoms with Crippen molar-refractivity contribution in [1.82, 2.24) is 0 Å². The first kappa shape index (κ1) is 16.0. The van der Waals surface area contributed by atoms with E-state index >= 15 is 0 Å². The van der Waals surface area contributed by atoms with Crippen molar-refractivity contribution in [3.63, 3.8) is 0 Å². The molecule has 6 heteroatoms. The Kier molecular flexibility index (Phi) is 6.02. The van der Waals surface area contributed by atoms with Gasteiger partial charge in [0.2, 0.25) is 5.79 Å². The van der Waals surface area contributed by atoms with Crippen LogP contribution in [0.5, 0.6) is 0 Å². The maximum atomic E-state index is 6.28. The molecule has 1 heterocycles. The Labute approximate surface area is 129 Å². The van der Waals surface area contributed by atoms with Gasteiger partial charge in [0.05, 0.1) is 6.10 Å². The highest BCUT2D eigenvalue weighted by molar-refractivity contribution is 9.24. The standard InChI is InChI=1S/C11H14Br2Cl2O2/c1-6(5-14)9-4-8(15)7(2)11(16-3,17-9)10(12)13/h5,9-10H,4H2,1-3H3. The molecule has 17 heavy (non-hydrogen) atoms. The minimum Gasteiger partial charge on any atom is -0.348 e. The van der Waals surface area contributed by atoms with E-state index in [1.54, 1.807) is 7.11 Å². The normalized spacial score (nSPS) is 31.3. The fourth-order valence-electron chi connectivity index (χ4n) is 1.68. The van der Waals surface area contributed by atoms with Crippen molar-refractivity contribution in [3.05, 3.63) is 21.7 Å². The highest BCUT2D eigenvalue weighted by Gasteiger charge is 2.46. The zero-order valence-corrected chi connectivity index (χ0v) is 14.5. The van der Waals surface area contributed by atoms with Crippen LogP contribution in [-0.2, 0) is 9.47 Å². The first-order valence-corrected chi connectivity index (χ1v) is 7.67. The Morgan fingerprint density at radius 2 is 2.24 bits per heavy atom. The summed E-state index contributed by atoms with van der Waals surface area (Å²) in [6.45, 7) is 3.80. The third-order valence-corrected chi connectivity index (χ3v) is 4.87. The summed E-state index contributed by atoms with van der Waals surface area (Å²) >= 11 is 18.9. The average Bonchev–Trinajstić information content (AvgIpc) is 2.31. The second-order valence-corrected chi connectivity index (χ2v) is 7.60. The SMILES string of the molecule is COC1(C(Br)Br)OC(C(C)=CCl)CC(Cl)=C1C. The molecule has 98 valence electrons. The van der Waals surface area contributed by atoms with E-state index in [0.29, 0.717) is 6.42 Å². The molecule has 0 aromatic carbocycles. The molecule has 2 nitrogen and oxygen atoms in total. The number of alkyl halides is 2. The van der Waals surface area contributed by atoms with Gasteiger partial charge in [-0.2, -0.15) is 0 Å². The van der Waals surface area contributed by atoms with Crippen molar-refractivity contribution in [3.8, 4) is 0 Å². The lowest BCUT2D eigenvalue weighted by molar-refractivity contribution is -0.208. The van der Waals surface area contributed by atoms with Gasteiger partial charge in [-0.05, 0) is 19.4 Å². The molecule has 0 N–H and O–H groups in total. The summed E-state index contributed by atoms with van der Waals surface area (Å²) in [7, 11) is 1.59. The molecule has 0 spiro atoms. The van der Waals surface area contributed by atoms with Crippen LogP contribution in [0.2, 0.25) is 0 Å². The van der Waals surface area contributed by atoms with Crippen LogP contribution in [-0.4, -0.2) is 22.7 Å². The van der Waals surface area contributed by atoms with Crippen molar-refractivity contribution in [2.24, 2.45) is 0 Å². The number of methoxy groups -OCH3 is 1. The monoisotopic (exact) mass is 406 g/mol. The first-order valence-electron chi connectivity index (χ1n) is 5.02. The van der Waals surface area contributed by atoms with Crippen LogP contribution in [0.25, 0.3) is 0 Å². The summed E-state index contributed by atoms with van der Waals surface area (Å²) in [5.41, 5.74) is 3.28. The molecule has 0 aromatic rings. The second-order valence-electron chi connectivity index (χ2n) is 3.87. The smallest absolute Gasteiger partial charge is 0.215 e. The molecular weight excluding hydrogens is 395 g/mol. The van der Waals surface area contributed by atoms with E-state index in [0.717, 1.165) is 16.2 Å². The van der Waals surface area contributed by atoms with Crippen LogP contribution >= 0.6 is 55.1 Å². The average molecular weight is 409 g/mol. The van der Waals surface area contributed by atoms with Crippen LogP contribution < -0.4 is 0 Å². The Bertz CT molecular complexity index is 355. The zero-order valence-electron chi connectivity index (χ0n) is 9.77. The molecule has 1 aliphatic rings. The summed E-state index contributed by atoms with van der Waals surface area (Å²) < 4.78 is 11.3. The van der Waals surface area contributed by atoms with Crippen molar-refractivity contribution in [2.75, 3.05) is 7.11 Å². The summed E-state index contributed by atoms with van der Waals surface area (Å²) in [4.78, 5) is 0. The van der Waals surface area contributed by atoms with Gasteiger partial charge < -0.3 is 9.47 Å². The van der Waals surface area contributed by atoms with Crippen LogP contribution in [0.4, 0.5) is 0 Å². The van der Waals surface area contributed by atoms with E-state index in [9.17, 15) is 0 Å². The van der Waals surface area contributed by atoms with Gasteiger partial charge in [-0.3, -0.25) is 0 Å². The van der Waals surface area contributed by atoms with Crippen LogP contribution in [0.3, 0.4) is 0 Å². The van der Waals surface area contributed by atoms with Crippen molar-refractivity contribution >= 4 is 55.1 Å². The molecular formula is C11H14Br2Cl2O2. The lowest BCUT2D eigenvalue weighted by Crippen LogP contribution is -2.48. The first-order chi connectivity index (χ1) is 7.89. The molecule has 0 radical (unpaired) electrons. The van der Waals surface area contributed by atoms with Gasteiger partial charge >= 0.3 is 0 Å². The molecule has 0 saturated carbocycles. The van der Waals surface area contributed by atoms with E-state index in [-0.39, 0.29) is 9.84 Å². The second kappa shape index (κ2) is 6.40. The summed E-state index contributed by atoms with van der Waals surface area (Å²) in [5.74, 6) is -0.916. The zero-order chi connectivity index (χ0) is 13.2. The van der Waals surface area contributed by atoms with Crippen LogP contribution in [0.1, 0.15) is 20.3 Å². The maximum absolute atomic E-state index is 6.28. The van der Waals surface area contributed by atoms with E-state index < -0.39 is 5.79 Å². The van der Waals surface area contributed by atoms with E-state index in [4.69, 9.17) is 32.7 Å². The fourth-order valence-corrected chi connectivity index (χ4v) is 3.36. The van der Waals surface area contributed by atoms with Crippen molar-refractivity contribution < 1.29 is 9.47 Å². The van der Waals surface area contributed by atoms with Crippen LogP contribution in [0, 0.1) is 0 Å². The molecule has 0 bridgehead atoms. The number of hydrogen-bond acceptors (Lipinski definition) is 2. The van der Waals surface area contributed by atoms with Gasteiger partial charge in [0, 0.05) is 29.7 Å². The third kappa shape index (κ3) is 3.10. The molecule has 0 aliphatic carbocycles. The predicted octanol–water partition coefficient (Wildman–Crippen LogP) is 4.89. The maximum Gasteiger partial charge on any atom is 0.215 e. The van der Waals surface area contributed by atoms with Crippen molar-refractivity contribution in [2.45, 2.75) is 35.9 Å². The Morgan fingerprint density at radius 3 is 2.65 bits per heavy atom. The minimum absolute atomic E-state index is 0.179. The summed E-state index contributed by atoms with van der Waals surface area (Å²) in [5, 5.41) is 0.741. The lowest BCUT2D eigenvalue weighted by Gasteiger charge is -2.42. The Hall–Kier alpha value is 0.940. The molecule has 0 saturated heterocycles. The molecule has 2 atom stereocenters. The molecule has 1 aliphatic heterocycles. The predicted molar refractivity (Wildman–Crippen MR) is 79.0 cm³/mol. The number of hydrogen-bond donors (Lipinski definition) is 0. The molecule has 0 fully saturated rings. The summed E-state index contributed by atoms with van der Waals surface area (Å²) in [6.07, 6.45) is 0.432. The van der Waals surface area contributed by atoms with Gasteiger partial charge in [-0.1, -0.05) is 55.1 Å². The van der Waals surface area contributed by atoms with Crippen LogP contribution in [0.15, 0.2) is 21.7 Å². The number of halogens is 4. The largest absolute Gasteiger partial charge is 0.348 e. The summed E-state index contributed by atoms with van der Waals surface area (Å²) in [6, 6.07) is 0. The molecule has 0 aromatic heterocycles. The Morgan fingerprint density at radius 1 is 1.65 bits per heavy atom. The molecule has 1 rings (SSSR count). The Balaban J connectivity index is 3.17. The minimum atomic E-state index is -0.916. The van der Waals surface area contributed by atoms with Gasteiger partial charge in [0.15, 0.2) is 0 Å². The van der Waals surface area contributed by atoms with Gasteiger partial charge in [0.1, 0.15) is 3.74 Å². The topological polar surface area (TPSA) is 18.5 Å². The van der Waals surface area contributed by atoms with E-state index in [2.05, 4.69) is 31.9 Å². The highest BCUT2D eigenvalue weighted by Crippen LogP contribution is 2.44. The van der Waals surface area contributed by atoms with Gasteiger partial charge in [-0.15, -0.1) is 0 Å². The lowest BCUT2D eigenvalue weighted by atomic mass is 9.99. The third-order valence-electron chi connectivity index (χ3n) is 2.88. The number of ether oxygens (including phenoxy) is 2. The quantitative estimate of drug-likeness (QED) is 0.619. The molecule has 2 unspecified atom stereocenters. The van der Waals surface area contributed by atoms with E-state index in [1.165, 1.54) is 5.54 Å². The van der Waals surface area contributed by atoms with E-state index in [1.807, 2.05) is 13.8 Å². The number of rotatable bonds is 3. The highest BCUT2D eigenvalue weighted by atomic mass is 79.9. The van der Waals surface area contributed by atoms with Gasteiger partial charge in [-0.25, -0.2) is 0 Å². The fraction of sp³-hybridized carbons (Fsp3) is 0.636. The van der Waals surface area contributed by atoms with Crippen molar-refractivity contribution in [1.29, 1.82) is 0 Å². The molecule has 0 amide bonds. The van der Waals surface area contributed by atoms with Gasteiger partial charge in [0.25, 0.3) is 0 Å².